The Morgan fingerprint density at radius 2 is 1.91 bits per heavy atom. The van der Waals surface area contributed by atoms with Crippen LogP contribution in [0.2, 0.25) is 0 Å². The van der Waals surface area contributed by atoms with Crippen molar-refractivity contribution >= 4 is 11.7 Å². The summed E-state index contributed by atoms with van der Waals surface area (Å²) in [5.74, 6) is 1.12. The number of hydrogen-bond donors (Lipinski definition) is 1. The van der Waals surface area contributed by atoms with Crippen molar-refractivity contribution in [3.63, 3.8) is 0 Å². The van der Waals surface area contributed by atoms with Gasteiger partial charge in [-0.05, 0) is 46.0 Å². The largest absolute Gasteiger partial charge is 0.370 e. The lowest BCUT2D eigenvalue weighted by atomic mass is 9.93. The molecule has 4 rings (SSSR count). The molecule has 0 spiro atoms. The van der Waals surface area contributed by atoms with Crippen LogP contribution in [-0.4, -0.2) is 39.2 Å². The Hall–Kier alpha value is -1.52. The second-order valence-corrected chi connectivity index (χ2v) is 8.04. The van der Waals surface area contributed by atoms with Crippen molar-refractivity contribution in [2.75, 3.05) is 11.9 Å². The summed E-state index contributed by atoms with van der Waals surface area (Å²) in [7, 11) is 0. The molecule has 0 unspecified atom stereocenters. The van der Waals surface area contributed by atoms with Gasteiger partial charge in [0.25, 0.3) is 5.91 Å². The summed E-state index contributed by atoms with van der Waals surface area (Å²) < 4.78 is 2.01. The van der Waals surface area contributed by atoms with E-state index in [2.05, 4.69) is 29.2 Å². The SMILES string of the molecule is CC1(C)CCNc2c(C(=O)N(C3CCCCC3)C3CC3)cnn21. The highest BCUT2D eigenvalue weighted by molar-refractivity contribution is 5.99. The van der Waals surface area contributed by atoms with Crippen LogP contribution in [0.4, 0.5) is 5.82 Å². The van der Waals surface area contributed by atoms with Crippen LogP contribution >= 0.6 is 0 Å². The molecule has 2 saturated carbocycles. The molecule has 0 radical (unpaired) electrons. The van der Waals surface area contributed by atoms with E-state index in [-0.39, 0.29) is 11.4 Å². The van der Waals surface area contributed by atoms with Crippen LogP contribution in [0, 0.1) is 0 Å². The van der Waals surface area contributed by atoms with Gasteiger partial charge in [0.2, 0.25) is 0 Å². The van der Waals surface area contributed by atoms with Crippen LogP contribution in [-0.2, 0) is 5.54 Å². The number of hydrogen-bond acceptors (Lipinski definition) is 3. The zero-order valence-corrected chi connectivity index (χ0v) is 14.3. The summed E-state index contributed by atoms with van der Waals surface area (Å²) in [5, 5.41) is 7.96. The van der Waals surface area contributed by atoms with Crippen LogP contribution in [0.5, 0.6) is 0 Å². The topological polar surface area (TPSA) is 50.2 Å². The molecule has 2 fully saturated rings. The van der Waals surface area contributed by atoms with E-state index >= 15 is 0 Å². The fourth-order valence-electron chi connectivity index (χ4n) is 4.21. The Labute approximate surface area is 138 Å². The Morgan fingerprint density at radius 3 is 2.61 bits per heavy atom. The molecule has 5 nitrogen and oxygen atoms in total. The minimum atomic E-state index is -0.0195. The van der Waals surface area contributed by atoms with E-state index in [1.165, 1.54) is 44.9 Å². The van der Waals surface area contributed by atoms with Crippen molar-refractivity contribution in [2.45, 2.75) is 82.8 Å². The smallest absolute Gasteiger partial charge is 0.259 e. The van der Waals surface area contributed by atoms with Gasteiger partial charge in [-0.2, -0.15) is 5.10 Å². The molecule has 0 bridgehead atoms. The summed E-state index contributed by atoms with van der Waals surface area (Å²) in [5.41, 5.74) is 0.754. The first-order chi connectivity index (χ1) is 11.1. The standard InChI is InChI=1S/C18H28N4O/c1-18(2)10-11-19-16-15(12-20-22(16)18)17(23)21(14-8-9-14)13-6-4-3-5-7-13/h12-14,19H,3-11H2,1-2H3. The minimum Gasteiger partial charge on any atom is -0.370 e. The highest BCUT2D eigenvalue weighted by atomic mass is 16.2. The molecule has 126 valence electrons. The van der Waals surface area contributed by atoms with Crippen molar-refractivity contribution in [1.82, 2.24) is 14.7 Å². The molecule has 1 amide bonds. The van der Waals surface area contributed by atoms with Gasteiger partial charge in [-0.15, -0.1) is 0 Å². The van der Waals surface area contributed by atoms with Crippen molar-refractivity contribution in [3.05, 3.63) is 11.8 Å². The molecule has 1 aromatic rings. The summed E-state index contributed by atoms with van der Waals surface area (Å²) >= 11 is 0. The zero-order chi connectivity index (χ0) is 16.0. The Morgan fingerprint density at radius 1 is 1.22 bits per heavy atom. The van der Waals surface area contributed by atoms with Gasteiger partial charge < -0.3 is 10.2 Å². The van der Waals surface area contributed by atoms with E-state index in [1.54, 1.807) is 6.20 Å². The fraction of sp³-hybridized carbons (Fsp3) is 0.778. The molecule has 3 aliphatic rings. The van der Waals surface area contributed by atoms with Crippen LogP contribution < -0.4 is 5.32 Å². The first kappa shape index (κ1) is 15.0. The Bertz CT molecular complexity index is 596. The number of carbonyl (C=O) groups is 1. The van der Waals surface area contributed by atoms with E-state index in [0.29, 0.717) is 12.1 Å². The Kier molecular flexibility index (Phi) is 3.62. The van der Waals surface area contributed by atoms with Gasteiger partial charge in [0.05, 0.1) is 11.7 Å². The summed E-state index contributed by atoms with van der Waals surface area (Å²) in [4.78, 5) is 15.5. The molecule has 2 heterocycles. The lowest BCUT2D eigenvalue weighted by Crippen LogP contribution is -2.43. The second kappa shape index (κ2) is 5.53. The molecule has 1 aliphatic heterocycles. The molecule has 2 aliphatic carbocycles. The maximum atomic E-state index is 13.3. The van der Waals surface area contributed by atoms with Gasteiger partial charge in [0.1, 0.15) is 11.4 Å². The van der Waals surface area contributed by atoms with Gasteiger partial charge in [-0.1, -0.05) is 19.3 Å². The molecular weight excluding hydrogens is 288 g/mol. The number of rotatable bonds is 3. The maximum absolute atomic E-state index is 13.3. The second-order valence-electron chi connectivity index (χ2n) is 8.04. The quantitative estimate of drug-likeness (QED) is 0.930. The first-order valence-corrected chi connectivity index (χ1v) is 9.23. The normalized spacial score (nSPS) is 23.9. The average molecular weight is 316 g/mol. The van der Waals surface area contributed by atoms with E-state index in [1.807, 2.05) is 4.68 Å². The number of nitrogens with one attached hydrogen (secondary N) is 1. The molecule has 23 heavy (non-hydrogen) atoms. The third-order valence-corrected chi connectivity index (χ3v) is 5.75. The maximum Gasteiger partial charge on any atom is 0.259 e. The lowest BCUT2D eigenvalue weighted by molar-refractivity contribution is 0.0614. The summed E-state index contributed by atoms with van der Waals surface area (Å²) in [6.45, 7) is 5.29. The van der Waals surface area contributed by atoms with Crippen molar-refractivity contribution in [2.24, 2.45) is 0 Å². The van der Waals surface area contributed by atoms with Gasteiger partial charge in [0.15, 0.2) is 0 Å². The lowest BCUT2D eigenvalue weighted by Gasteiger charge is -2.36. The fourth-order valence-corrected chi connectivity index (χ4v) is 4.21. The molecule has 5 heteroatoms. The van der Waals surface area contributed by atoms with Gasteiger partial charge >= 0.3 is 0 Å². The monoisotopic (exact) mass is 316 g/mol. The number of amides is 1. The Balaban J connectivity index is 1.64. The van der Waals surface area contributed by atoms with Crippen LogP contribution in [0.25, 0.3) is 0 Å². The number of aromatic nitrogens is 2. The summed E-state index contributed by atoms with van der Waals surface area (Å²) in [6.07, 6.45) is 11.4. The van der Waals surface area contributed by atoms with Crippen LogP contribution in [0.1, 0.15) is 75.6 Å². The van der Waals surface area contributed by atoms with E-state index in [4.69, 9.17) is 0 Å². The number of fused-ring (bicyclic) bond motifs is 1. The first-order valence-electron chi connectivity index (χ1n) is 9.23. The molecule has 1 N–H and O–H groups in total. The molecule has 0 aromatic carbocycles. The van der Waals surface area contributed by atoms with Gasteiger partial charge in [-0.25, -0.2) is 4.68 Å². The van der Waals surface area contributed by atoms with Crippen LogP contribution in [0.15, 0.2) is 6.20 Å². The van der Waals surface area contributed by atoms with Crippen molar-refractivity contribution < 1.29 is 4.79 Å². The van der Waals surface area contributed by atoms with E-state index < -0.39 is 0 Å². The number of carbonyl (C=O) groups excluding carboxylic acids is 1. The van der Waals surface area contributed by atoms with Gasteiger partial charge in [0, 0.05) is 18.6 Å². The van der Waals surface area contributed by atoms with Gasteiger partial charge in [-0.3, -0.25) is 4.79 Å². The zero-order valence-electron chi connectivity index (χ0n) is 14.3. The number of anilines is 1. The predicted octanol–water partition coefficient (Wildman–Crippen LogP) is 3.37. The predicted molar refractivity (Wildman–Crippen MR) is 90.7 cm³/mol. The third-order valence-electron chi connectivity index (χ3n) is 5.75. The molecule has 0 atom stereocenters. The molecular formula is C18H28N4O. The third kappa shape index (κ3) is 2.64. The minimum absolute atomic E-state index is 0.0195. The number of nitrogens with zero attached hydrogens (tertiary/aromatic N) is 3. The highest BCUT2D eigenvalue weighted by Crippen LogP contribution is 2.37. The summed E-state index contributed by atoms with van der Waals surface area (Å²) in [6, 6.07) is 0.911. The van der Waals surface area contributed by atoms with Crippen molar-refractivity contribution in [3.8, 4) is 0 Å². The van der Waals surface area contributed by atoms with E-state index in [0.717, 1.165) is 24.3 Å². The highest BCUT2D eigenvalue weighted by Gasteiger charge is 2.40. The molecule has 0 saturated heterocycles. The van der Waals surface area contributed by atoms with E-state index in [9.17, 15) is 4.79 Å². The van der Waals surface area contributed by atoms with Crippen LogP contribution in [0.3, 0.4) is 0 Å². The van der Waals surface area contributed by atoms with Crippen molar-refractivity contribution in [1.29, 1.82) is 0 Å². The average Bonchev–Trinajstić information content (AvgIpc) is 3.25. The molecule has 1 aromatic heterocycles.